The molecular weight excluding hydrogens is 402 g/mol. The largest absolute Gasteiger partial charge is 0.493 e. The Balaban J connectivity index is 1.20. The summed E-state index contributed by atoms with van der Waals surface area (Å²) in [5.41, 5.74) is 5.66. The molecule has 3 heterocycles. The van der Waals surface area contributed by atoms with E-state index in [1.165, 1.54) is 0 Å². The van der Waals surface area contributed by atoms with Crippen LogP contribution in [0.25, 0.3) is 11.3 Å². The minimum atomic E-state index is -0.795. The molecule has 0 radical (unpaired) electrons. The lowest BCUT2D eigenvalue weighted by Crippen LogP contribution is -2.34. The first-order chi connectivity index (χ1) is 15.0. The molecule has 164 valence electrons. The molecule has 2 N–H and O–H groups in total. The van der Waals surface area contributed by atoms with Crippen molar-refractivity contribution >= 4 is 11.6 Å². The summed E-state index contributed by atoms with van der Waals surface area (Å²) in [6.07, 6.45) is 7.53. The first-order valence-corrected chi connectivity index (χ1v) is 10.5. The number of piperidine rings is 1. The fraction of sp³-hybridized carbons (Fsp3) is 0.391. The van der Waals surface area contributed by atoms with E-state index in [0.717, 1.165) is 73.9 Å². The van der Waals surface area contributed by atoms with Crippen molar-refractivity contribution in [3.05, 3.63) is 54.1 Å². The van der Waals surface area contributed by atoms with Crippen molar-refractivity contribution in [3.63, 3.8) is 0 Å². The lowest BCUT2D eigenvalue weighted by molar-refractivity contribution is 0.277. The SMILES string of the molecule is Cc1ccc(-c2cnc(N3CCC(CCCOc4cc(F)c(N)c(F)c4)CC3)nc2)o1. The van der Waals surface area contributed by atoms with Crippen molar-refractivity contribution in [3.8, 4) is 17.1 Å². The highest BCUT2D eigenvalue weighted by Gasteiger charge is 2.21. The number of furan rings is 1. The highest BCUT2D eigenvalue weighted by atomic mass is 19.1. The number of nitrogens with two attached hydrogens (primary N) is 1. The molecule has 1 fully saturated rings. The Morgan fingerprint density at radius 3 is 2.42 bits per heavy atom. The summed E-state index contributed by atoms with van der Waals surface area (Å²) in [4.78, 5) is 11.2. The Kier molecular flexibility index (Phi) is 6.34. The van der Waals surface area contributed by atoms with E-state index in [-0.39, 0.29) is 5.75 Å². The van der Waals surface area contributed by atoms with Crippen molar-refractivity contribution in [2.24, 2.45) is 5.92 Å². The number of rotatable bonds is 7. The van der Waals surface area contributed by atoms with Crippen LogP contribution < -0.4 is 15.4 Å². The quantitative estimate of drug-likeness (QED) is 0.422. The molecule has 1 saturated heterocycles. The highest BCUT2D eigenvalue weighted by molar-refractivity contribution is 5.56. The van der Waals surface area contributed by atoms with E-state index < -0.39 is 17.3 Å². The summed E-state index contributed by atoms with van der Waals surface area (Å²) in [6.45, 7) is 4.13. The van der Waals surface area contributed by atoms with Crippen LogP contribution in [0.3, 0.4) is 0 Å². The fourth-order valence-corrected chi connectivity index (χ4v) is 3.83. The molecule has 1 aliphatic heterocycles. The molecule has 0 spiro atoms. The van der Waals surface area contributed by atoms with E-state index in [4.69, 9.17) is 14.9 Å². The van der Waals surface area contributed by atoms with Crippen molar-refractivity contribution in [1.82, 2.24) is 9.97 Å². The predicted octanol–water partition coefficient (Wildman–Crippen LogP) is 4.98. The molecular formula is C23H26F2N4O2. The van der Waals surface area contributed by atoms with Gasteiger partial charge in [0, 0.05) is 37.6 Å². The molecule has 6 nitrogen and oxygen atoms in total. The second kappa shape index (κ2) is 9.32. The maximum absolute atomic E-state index is 13.5. The molecule has 0 bridgehead atoms. The minimum absolute atomic E-state index is 0.171. The number of hydrogen-bond donors (Lipinski definition) is 1. The second-order valence-electron chi connectivity index (χ2n) is 7.90. The maximum atomic E-state index is 13.5. The Hall–Kier alpha value is -3.16. The lowest BCUT2D eigenvalue weighted by Gasteiger charge is -2.32. The summed E-state index contributed by atoms with van der Waals surface area (Å²) >= 11 is 0. The number of ether oxygens (including phenoxy) is 1. The molecule has 3 aromatic rings. The van der Waals surface area contributed by atoms with Gasteiger partial charge in [-0.15, -0.1) is 0 Å². The van der Waals surface area contributed by atoms with Crippen LogP contribution in [0.4, 0.5) is 20.4 Å². The van der Waals surface area contributed by atoms with Crippen LogP contribution >= 0.6 is 0 Å². The molecule has 4 rings (SSSR count). The number of nitrogen functional groups attached to an aromatic ring is 1. The van der Waals surface area contributed by atoms with Crippen LogP contribution in [0.2, 0.25) is 0 Å². The van der Waals surface area contributed by atoms with Crippen LogP contribution in [0, 0.1) is 24.5 Å². The van der Waals surface area contributed by atoms with E-state index in [1.807, 2.05) is 19.1 Å². The standard InChI is InChI=1S/C23H26F2N4O2/c1-15-4-5-21(31-15)17-13-27-23(28-14-17)29-8-6-16(7-9-29)3-2-10-30-18-11-19(24)22(26)20(25)12-18/h4-5,11-14,16H,2-3,6-10,26H2,1H3. The average Bonchev–Trinajstić information content (AvgIpc) is 3.22. The van der Waals surface area contributed by atoms with Gasteiger partial charge in [-0.2, -0.15) is 0 Å². The van der Waals surface area contributed by atoms with Crippen molar-refractivity contribution in [1.29, 1.82) is 0 Å². The van der Waals surface area contributed by atoms with Crippen LogP contribution in [0.5, 0.6) is 5.75 Å². The number of hydrogen-bond acceptors (Lipinski definition) is 6. The fourth-order valence-electron chi connectivity index (χ4n) is 3.83. The normalized spacial score (nSPS) is 14.7. The van der Waals surface area contributed by atoms with Crippen molar-refractivity contribution in [2.45, 2.75) is 32.6 Å². The van der Waals surface area contributed by atoms with Crippen LogP contribution in [0.1, 0.15) is 31.4 Å². The Bertz CT molecular complexity index is 992. The van der Waals surface area contributed by atoms with Gasteiger partial charge >= 0.3 is 0 Å². The summed E-state index contributed by atoms with van der Waals surface area (Å²) < 4.78 is 38.0. The van der Waals surface area contributed by atoms with Gasteiger partial charge in [0.15, 0.2) is 11.6 Å². The average molecular weight is 428 g/mol. The van der Waals surface area contributed by atoms with Gasteiger partial charge in [-0.25, -0.2) is 18.7 Å². The second-order valence-corrected chi connectivity index (χ2v) is 7.90. The summed E-state index contributed by atoms with van der Waals surface area (Å²) in [7, 11) is 0. The van der Waals surface area contributed by atoms with Crippen LogP contribution in [-0.4, -0.2) is 29.7 Å². The van der Waals surface area contributed by atoms with Gasteiger partial charge < -0.3 is 19.8 Å². The molecule has 8 heteroatoms. The third-order valence-corrected chi connectivity index (χ3v) is 5.64. The monoisotopic (exact) mass is 428 g/mol. The number of aromatic nitrogens is 2. The molecule has 0 unspecified atom stereocenters. The van der Waals surface area contributed by atoms with Crippen LogP contribution in [0.15, 0.2) is 41.1 Å². The molecule has 0 amide bonds. The van der Waals surface area contributed by atoms with Gasteiger partial charge in [-0.05, 0) is 50.7 Å². The highest BCUT2D eigenvalue weighted by Crippen LogP contribution is 2.27. The Labute approximate surface area is 180 Å². The Morgan fingerprint density at radius 2 is 1.81 bits per heavy atom. The van der Waals surface area contributed by atoms with Gasteiger partial charge in [0.2, 0.25) is 5.95 Å². The van der Waals surface area contributed by atoms with Gasteiger partial charge in [0.25, 0.3) is 0 Å². The lowest BCUT2D eigenvalue weighted by atomic mass is 9.92. The van der Waals surface area contributed by atoms with Gasteiger partial charge in [-0.3, -0.25) is 0 Å². The smallest absolute Gasteiger partial charge is 0.225 e. The molecule has 31 heavy (non-hydrogen) atoms. The molecule has 2 aromatic heterocycles. The molecule has 0 atom stereocenters. The third-order valence-electron chi connectivity index (χ3n) is 5.64. The van der Waals surface area contributed by atoms with Gasteiger partial charge in [0.05, 0.1) is 12.2 Å². The van der Waals surface area contributed by atoms with Crippen molar-refractivity contribution < 1.29 is 17.9 Å². The van der Waals surface area contributed by atoms with E-state index in [9.17, 15) is 8.78 Å². The third kappa shape index (κ3) is 5.13. The first kappa shape index (κ1) is 21.1. The van der Waals surface area contributed by atoms with Gasteiger partial charge in [-0.1, -0.05) is 0 Å². The minimum Gasteiger partial charge on any atom is -0.493 e. The Morgan fingerprint density at radius 1 is 1.13 bits per heavy atom. The molecule has 0 saturated carbocycles. The predicted molar refractivity (Wildman–Crippen MR) is 115 cm³/mol. The zero-order chi connectivity index (χ0) is 21.8. The van der Waals surface area contributed by atoms with Crippen LogP contribution in [-0.2, 0) is 0 Å². The van der Waals surface area contributed by atoms with Crippen molar-refractivity contribution in [2.75, 3.05) is 30.3 Å². The topological polar surface area (TPSA) is 77.4 Å². The molecule has 1 aliphatic rings. The summed E-state index contributed by atoms with van der Waals surface area (Å²) in [6, 6.07) is 6.08. The summed E-state index contributed by atoms with van der Waals surface area (Å²) in [5.74, 6) is 1.54. The zero-order valence-corrected chi connectivity index (χ0v) is 17.5. The number of halogens is 2. The van der Waals surface area contributed by atoms with E-state index >= 15 is 0 Å². The number of anilines is 2. The van der Waals surface area contributed by atoms with E-state index in [0.29, 0.717) is 12.5 Å². The first-order valence-electron chi connectivity index (χ1n) is 10.5. The summed E-state index contributed by atoms with van der Waals surface area (Å²) in [5, 5.41) is 0. The van der Waals surface area contributed by atoms with E-state index in [2.05, 4.69) is 14.9 Å². The number of aryl methyl sites for hydroxylation is 1. The number of benzene rings is 1. The molecule has 1 aromatic carbocycles. The molecule has 0 aliphatic carbocycles. The maximum Gasteiger partial charge on any atom is 0.225 e. The van der Waals surface area contributed by atoms with Gasteiger partial charge in [0.1, 0.15) is 23.0 Å². The number of nitrogens with zero attached hydrogens (tertiary/aromatic N) is 3. The van der Waals surface area contributed by atoms with E-state index in [1.54, 1.807) is 12.4 Å². The zero-order valence-electron chi connectivity index (χ0n) is 17.5.